The molecular formula is C10H8N4. The third kappa shape index (κ3) is 1.25. The van der Waals surface area contributed by atoms with Gasteiger partial charge in [-0.1, -0.05) is 11.3 Å². The third-order valence-corrected chi connectivity index (χ3v) is 1.95. The lowest BCUT2D eigenvalue weighted by atomic mass is 10.2. The van der Waals surface area contributed by atoms with E-state index in [4.69, 9.17) is 5.26 Å². The van der Waals surface area contributed by atoms with Crippen LogP contribution in [0.2, 0.25) is 0 Å². The largest absolute Gasteiger partial charge is 0.241 e. The molecule has 0 saturated carbocycles. The molecule has 0 radical (unpaired) electrons. The fourth-order valence-corrected chi connectivity index (χ4v) is 1.30. The van der Waals surface area contributed by atoms with Gasteiger partial charge >= 0.3 is 0 Å². The maximum absolute atomic E-state index is 8.69. The Bertz CT molecular complexity index is 518. The number of nitriles is 1. The number of fused-ring (bicyclic) bond motifs is 1. The van der Waals surface area contributed by atoms with Gasteiger partial charge in [-0.3, -0.25) is 0 Å². The zero-order valence-corrected chi connectivity index (χ0v) is 7.51. The molecule has 0 aliphatic carbocycles. The molecule has 0 atom stereocenters. The van der Waals surface area contributed by atoms with Crippen LogP contribution in [0.3, 0.4) is 0 Å². The lowest BCUT2D eigenvalue weighted by Crippen LogP contribution is -1.96. The summed E-state index contributed by atoms with van der Waals surface area (Å²) in [5.41, 5.74) is 2.26. The highest BCUT2D eigenvalue weighted by molar-refractivity contribution is 5.75. The molecule has 1 heterocycles. The van der Waals surface area contributed by atoms with Crippen LogP contribution in [0.1, 0.15) is 5.56 Å². The Morgan fingerprint density at radius 1 is 1.57 bits per heavy atom. The summed E-state index contributed by atoms with van der Waals surface area (Å²) in [5.74, 6) is 0. The fraction of sp³-hybridized carbons (Fsp3) is 0.100. The molecule has 2 rings (SSSR count). The molecule has 0 N–H and O–H groups in total. The van der Waals surface area contributed by atoms with Gasteiger partial charge in [-0.05, 0) is 18.2 Å². The summed E-state index contributed by atoms with van der Waals surface area (Å²) >= 11 is 0. The van der Waals surface area contributed by atoms with Crippen molar-refractivity contribution in [1.29, 1.82) is 5.26 Å². The predicted octanol–water partition coefficient (Wildman–Crippen LogP) is 1.49. The quantitative estimate of drug-likeness (QED) is 0.664. The van der Waals surface area contributed by atoms with Crippen molar-refractivity contribution in [1.82, 2.24) is 15.0 Å². The highest BCUT2D eigenvalue weighted by Crippen LogP contribution is 2.12. The Kier molecular flexibility index (Phi) is 1.99. The molecular weight excluding hydrogens is 176 g/mol. The van der Waals surface area contributed by atoms with Crippen LogP contribution in [0, 0.1) is 11.3 Å². The van der Waals surface area contributed by atoms with Crippen molar-refractivity contribution in [2.24, 2.45) is 0 Å². The first-order chi connectivity index (χ1) is 6.85. The van der Waals surface area contributed by atoms with Gasteiger partial charge in [0, 0.05) is 0 Å². The predicted molar refractivity (Wildman–Crippen MR) is 52.4 cm³/mol. The van der Waals surface area contributed by atoms with Crippen molar-refractivity contribution in [2.45, 2.75) is 6.54 Å². The van der Waals surface area contributed by atoms with E-state index in [1.807, 2.05) is 6.07 Å². The maximum Gasteiger partial charge on any atom is 0.114 e. The smallest absolute Gasteiger partial charge is 0.114 e. The van der Waals surface area contributed by atoms with Crippen LogP contribution in [0.15, 0.2) is 30.9 Å². The molecule has 4 nitrogen and oxygen atoms in total. The molecule has 68 valence electrons. The molecule has 0 unspecified atom stereocenters. The molecule has 1 aromatic carbocycles. The molecule has 1 aromatic heterocycles. The van der Waals surface area contributed by atoms with Crippen LogP contribution in [-0.4, -0.2) is 15.0 Å². The number of rotatable bonds is 2. The third-order valence-electron chi connectivity index (χ3n) is 1.95. The van der Waals surface area contributed by atoms with Crippen LogP contribution in [0.5, 0.6) is 0 Å². The first-order valence-electron chi connectivity index (χ1n) is 4.19. The number of aromatic nitrogens is 3. The highest BCUT2D eigenvalue weighted by atomic mass is 15.4. The van der Waals surface area contributed by atoms with E-state index >= 15 is 0 Å². The van der Waals surface area contributed by atoms with Gasteiger partial charge in [-0.15, -0.1) is 11.7 Å². The van der Waals surface area contributed by atoms with Crippen molar-refractivity contribution in [3.63, 3.8) is 0 Å². The Morgan fingerprint density at radius 2 is 2.43 bits per heavy atom. The molecule has 0 saturated heterocycles. The Morgan fingerprint density at radius 3 is 3.14 bits per heavy atom. The van der Waals surface area contributed by atoms with Gasteiger partial charge < -0.3 is 0 Å². The van der Waals surface area contributed by atoms with Crippen molar-refractivity contribution in [3.05, 3.63) is 36.4 Å². The van der Waals surface area contributed by atoms with Crippen LogP contribution >= 0.6 is 0 Å². The minimum atomic E-state index is 0.600. The van der Waals surface area contributed by atoms with E-state index in [1.165, 1.54) is 0 Å². The molecule has 0 amide bonds. The first kappa shape index (κ1) is 8.45. The normalized spacial score (nSPS) is 9.93. The molecule has 0 aliphatic rings. The second-order valence-electron chi connectivity index (χ2n) is 2.88. The number of hydrogen-bond acceptors (Lipinski definition) is 3. The Labute approximate surface area is 81.1 Å². The summed E-state index contributed by atoms with van der Waals surface area (Å²) in [6.07, 6.45) is 1.76. The first-order valence-corrected chi connectivity index (χ1v) is 4.19. The fourth-order valence-electron chi connectivity index (χ4n) is 1.30. The van der Waals surface area contributed by atoms with E-state index in [2.05, 4.69) is 23.0 Å². The van der Waals surface area contributed by atoms with Crippen molar-refractivity contribution < 1.29 is 0 Å². The molecule has 2 aromatic rings. The van der Waals surface area contributed by atoms with Crippen molar-refractivity contribution in [2.75, 3.05) is 0 Å². The maximum atomic E-state index is 8.69. The van der Waals surface area contributed by atoms with E-state index in [0.717, 1.165) is 11.0 Å². The van der Waals surface area contributed by atoms with Crippen LogP contribution < -0.4 is 0 Å². The van der Waals surface area contributed by atoms with E-state index in [1.54, 1.807) is 22.9 Å². The standard InChI is InChI=1S/C10H8N4/c1-2-5-14-10-4-3-8(7-11)6-9(10)12-13-14/h2-4,6H,1,5H2. The molecule has 14 heavy (non-hydrogen) atoms. The van der Waals surface area contributed by atoms with E-state index in [0.29, 0.717) is 12.1 Å². The zero-order chi connectivity index (χ0) is 9.97. The van der Waals surface area contributed by atoms with E-state index in [9.17, 15) is 0 Å². The number of allylic oxidation sites excluding steroid dienone is 1. The number of hydrogen-bond donors (Lipinski definition) is 0. The van der Waals surface area contributed by atoms with Gasteiger partial charge in [-0.2, -0.15) is 5.26 Å². The summed E-state index contributed by atoms with van der Waals surface area (Å²) in [4.78, 5) is 0. The zero-order valence-electron chi connectivity index (χ0n) is 7.51. The lowest BCUT2D eigenvalue weighted by Gasteiger charge is -1.95. The van der Waals surface area contributed by atoms with Crippen LogP contribution in [0.25, 0.3) is 11.0 Å². The van der Waals surface area contributed by atoms with Crippen LogP contribution in [-0.2, 0) is 6.54 Å². The summed E-state index contributed by atoms with van der Waals surface area (Å²) in [6, 6.07) is 7.39. The summed E-state index contributed by atoms with van der Waals surface area (Å²) in [6.45, 7) is 4.26. The van der Waals surface area contributed by atoms with E-state index < -0.39 is 0 Å². The molecule has 0 fully saturated rings. The summed E-state index contributed by atoms with van der Waals surface area (Å²) in [5, 5.41) is 16.6. The lowest BCUT2D eigenvalue weighted by molar-refractivity contribution is 0.683. The van der Waals surface area contributed by atoms with Gasteiger partial charge in [0.05, 0.1) is 23.7 Å². The van der Waals surface area contributed by atoms with Gasteiger partial charge in [0.1, 0.15) is 5.52 Å². The highest BCUT2D eigenvalue weighted by Gasteiger charge is 2.03. The summed E-state index contributed by atoms with van der Waals surface area (Å²) in [7, 11) is 0. The van der Waals surface area contributed by atoms with Crippen molar-refractivity contribution in [3.8, 4) is 6.07 Å². The SMILES string of the molecule is C=CCn1nnc2cc(C#N)ccc21. The van der Waals surface area contributed by atoms with E-state index in [-0.39, 0.29) is 0 Å². The van der Waals surface area contributed by atoms with Gasteiger partial charge in [0.15, 0.2) is 0 Å². The minimum Gasteiger partial charge on any atom is -0.241 e. The Hall–Kier alpha value is -2.15. The second kappa shape index (κ2) is 3.30. The van der Waals surface area contributed by atoms with Gasteiger partial charge in [0.2, 0.25) is 0 Å². The average Bonchev–Trinajstić information content (AvgIpc) is 2.61. The van der Waals surface area contributed by atoms with Gasteiger partial charge in [-0.25, -0.2) is 4.68 Å². The number of nitrogens with zero attached hydrogens (tertiary/aromatic N) is 4. The number of benzene rings is 1. The average molecular weight is 184 g/mol. The second-order valence-corrected chi connectivity index (χ2v) is 2.88. The molecule has 4 heteroatoms. The van der Waals surface area contributed by atoms with Crippen LogP contribution in [0.4, 0.5) is 0 Å². The Balaban J connectivity index is 2.60. The van der Waals surface area contributed by atoms with Gasteiger partial charge in [0.25, 0.3) is 0 Å². The van der Waals surface area contributed by atoms with Crippen molar-refractivity contribution >= 4 is 11.0 Å². The monoisotopic (exact) mass is 184 g/mol. The molecule has 0 bridgehead atoms. The molecule has 0 aliphatic heterocycles. The molecule has 0 spiro atoms. The topological polar surface area (TPSA) is 54.5 Å². The summed E-state index contributed by atoms with van der Waals surface area (Å²) < 4.78 is 1.74. The minimum absolute atomic E-state index is 0.600.